The molecule has 1 fully saturated rings. The predicted octanol–water partition coefficient (Wildman–Crippen LogP) is 1.18. The van der Waals surface area contributed by atoms with Crippen molar-refractivity contribution in [2.24, 2.45) is 0 Å². The lowest BCUT2D eigenvalue weighted by Crippen LogP contribution is -2.46. The van der Waals surface area contributed by atoms with Gasteiger partial charge in [0, 0.05) is 44.6 Å². The van der Waals surface area contributed by atoms with E-state index in [0.29, 0.717) is 23.9 Å². The summed E-state index contributed by atoms with van der Waals surface area (Å²) in [4.78, 5) is 2.49. The van der Waals surface area contributed by atoms with E-state index in [-0.39, 0.29) is 0 Å². The van der Waals surface area contributed by atoms with Crippen LogP contribution in [-0.4, -0.2) is 55.4 Å². The maximum absolute atomic E-state index is 12.5. The van der Waals surface area contributed by atoms with Crippen LogP contribution >= 0.6 is 11.6 Å². The van der Waals surface area contributed by atoms with E-state index in [4.69, 9.17) is 11.6 Å². The number of nitrogens with zero attached hydrogens (tertiary/aromatic N) is 3. The molecule has 0 atom stereocenters. The fourth-order valence-electron chi connectivity index (χ4n) is 2.25. The Bertz CT molecular complexity index is 512. The molecule has 2 heterocycles. The first kappa shape index (κ1) is 14.8. The van der Waals surface area contributed by atoms with E-state index in [1.54, 1.807) is 16.6 Å². The van der Waals surface area contributed by atoms with Crippen molar-refractivity contribution in [1.82, 2.24) is 13.8 Å². The van der Waals surface area contributed by atoms with Crippen LogP contribution in [0.4, 0.5) is 0 Å². The lowest BCUT2D eigenvalue weighted by Gasteiger charge is -2.31. The monoisotopic (exact) mass is 305 g/mol. The number of halogens is 1. The zero-order chi connectivity index (χ0) is 14.0. The summed E-state index contributed by atoms with van der Waals surface area (Å²) >= 11 is 5.84. The fourth-order valence-corrected chi connectivity index (χ4v) is 3.97. The quantitative estimate of drug-likeness (QED) is 0.785. The number of aromatic nitrogens is 1. The molecule has 7 heteroatoms. The second-order valence-electron chi connectivity index (χ2n) is 4.79. The number of aryl methyl sites for hydroxylation is 1. The van der Waals surface area contributed by atoms with Crippen molar-refractivity contribution in [2.75, 3.05) is 33.2 Å². The number of alkyl halides is 1. The van der Waals surface area contributed by atoms with E-state index in [9.17, 15) is 8.42 Å². The van der Waals surface area contributed by atoms with Crippen LogP contribution < -0.4 is 0 Å². The van der Waals surface area contributed by atoms with Crippen molar-refractivity contribution in [2.45, 2.75) is 24.2 Å². The maximum atomic E-state index is 12.5. The molecule has 1 aromatic heterocycles. The highest BCUT2D eigenvalue weighted by Gasteiger charge is 2.28. The van der Waals surface area contributed by atoms with Crippen LogP contribution in [0.25, 0.3) is 0 Å². The highest BCUT2D eigenvalue weighted by Crippen LogP contribution is 2.21. The normalized spacial score (nSPS) is 18.9. The average Bonchev–Trinajstić information content (AvgIpc) is 2.83. The molecule has 1 aliphatic heterocycles. The van der Waals surface area contributed by atoms with Gasteiger partial charge in [-0.25, -0.2) is 8.42 Å². The van der Waals surface area contributed by atoms with Gasteiger partial charge in [0.25, 0.3) is 0 Å². The molecule has 0 saturated carbocycles. The Labute approximate surface area is 119 Å². The maximum Gasteiger partial charge on any atom is 0.244 e. The van der Waals surface area contributed by atoms with Gasteiger partial charge in [0.2, 0.25) is 10.0 Å². The molecule has 1 saturated heterocycles. The molecule has 0 aromatic carbocycles. The van der Waals surface area contributed by atoms with Crippen LogP contribution in [0.15, 0.2) is 17.2 Å². The van der Waals surface area contributed by atoms with Crippen molar-refractivity contribution in [3.05, 3.63) is 18.0 Å². The first-order chi connectivity index (χ1) is 8.98. The summed E-state index contributed by atoms with van der Waals surface area (Å²) in [5.41, 5.74) is 0.844. The van der Waals surface area contributed by atoms with E-state index < -0.39 is 10.0 Å². The largest absolute Gasteiger partial charge is 0.349 e. The molecule has 2 rings (SSSR count). The molecule has 0 bridgehead atoms. The van der Waals surface area contributed by atoms with Gasteiger partial charge in [-0.15, -0.1) is 11.6 Å². The summed E-state index contributed by atoms with van der Waals surface area (Å²) in [6, 6.07) is 1.68. The molecule has 0 unspecified atom stereocenters. The molecule has 108 valence electrons. The molecule has 1 aliphatic rings. The first-order valence-corrected chi connectivity index (χ1v) is 8.40. The van der Waals surface area contributed by atoms with Crippen LogP contribution in [0.5, 0.6) is 0 Å². The lowest BCUT2D eigenvalue weighted by atomic mass is 10.4. The molecule has 0 N–H and O–H groups in total. The minimum absolute atomic E-state index is 0.325. The minimum atomic E-state index is -3.38. The molecule has 5 nitrogen and oxygen atoms in total. The van der Waals surface area contributed by atoms with E-state index in [1.807, 2.05) is 18.5 Å². The summed E-state index contributed by atoms with van der Waals surface area (Å²) in [5.74, 6) is 0.325. The average molecular weight is 306 g/mol. The Morgan fingerprint density at radius 2 is 1.89 bits per heavy atom. The number of hydrogen-bond acceptors (Lipinski definition) is 3. The Morgan fingerprint density at radius 1 is 1.26 bits per heavy atom. The van der Waals surface area contributed by atoms with Crippen molar-refractivity contribution in [1.29, 1.82) is 0 Å². The molecule has 0 spiro atoms. The topological polar surface area (TPSA) is 45.6 Å². The smallest absolute Gasteiger partial charge is 0.244 e. The highest BCUT2D eigenvalue weighted by molar-refractivity contribution is 7.89. The zero-order valence-electron chi connectivity index (χ0n) is 11.3. The molecule has 0 radical (unpaired) electrons. The van der Waals surface area contributed by atoms with Gasteiger partial charge in [-0.05, 0) is 20.0 Å². The van der Waals surface area contributed by atoms with Crippen molar-refractivity contribution in [3.8, 4) is 0 Å². The van der Waals surface area contributed by atoms with Gasteiger partial charge >= 0.3 is 0 Å². The third kappa shape index (κ3) is 2.97. The Kier molecular flexibility index (Phi) is 4.55. The minimum Gasteiger partial charge on any atom is -0.349 e. The van der Waals surface area contributed by atoms with Gasteiger partial charge in [-0.2, -0.15) is 4.31 Å². The Balaban J connectivity index is 2.26. The van der Waals surface area contributed by atoms with Gasteiger partial charge < -0.3 is 9.47 Å². The van der Waals surface area contributed by atoms with Crippen LogP contribution in [0, 0.1) is 0 Å². The van der Waals surface area contributed by atoms with Gasteiger partial charge in [0.15, 0.2) is 0 Å². The summed E-state index contributed by atoms with van der Waals surface area (Å²) in [6.07, 6.45) is 1.69. The third-order valence-electron chi connectivity index (χ3n) is 3.54. The standard InChI is InChI=1S/C12H20ClN3O2S/c1-3-15-10-12(8-11(15)9-13)19(17,18)16-6-4-14(2)5-7-16/h8,10H,3-7,9H2,1-2H3. The van der Waals surface area contributed by atoms with E-state index in [2.05, 4.69) is 4.90 Å². The Morgan fingerprint density at radius 3 is 2.37 bits per heavy atom. The lowest BCUT2D eigenvalue weighted by molar-refractivity contribution is 0.222. The SMILES string of the molecule is CCn1cc(S(=O)(=O)N2CCN(C)CC2)cc1CCl. The van der Waals surface area contributed by atoms with Crippen molar-refractivity contribution < 1.29 is 8.42 Å². The summed E-state index contributed by atoms with van der Waals surface area (Å²) in [7, 11) is -1.38. The molecular formula is C12H20ClN3O2S. The van der Waals surface area contributed by atoms with E-state index >= 15 is 0 Å². The van der Waals surface area contributed by atoms with Gasteiger partial charge in [0.05, 0.1) is 5.88 Å². The highest BCUT2D eigenvalue weighted by atomic mass is 35.5. The van der Waals surface area contributed by atoms with Crippen LogP contribution in [0.3, 0.4) is 0 Å². The van der Waals surface area contributed by atoms with E-state index in [1.165, 1.54) is 0 Å². The second-order valence-corrected chi connectivity index (χ2v) is 7.00. The number of hydrogen-bond donors (Lipinski definition) is 0. The first-order valence-electron chi connectivity index (χ1n) is 6.42. The predicted molar refractivity (Wildman–Crippen MR) is 75.9 cm³/mol. The van der Waals surface area contributed by atoms with Crippen molar-refractivity contribution in [3.63, 3.8) is 0 Å². The summed E-state index contributed by atoms with van der Waals surface area (Å²) < 4.78 is 28.5. The summed E-state index contributed by atoms with van der Waals surface area (Å²) in [5, 5.41) is 0. The van der Waals surface area contributed by atoms with Crippen molar-refractivity contribution >= 4 is 21.6 Å². The number of sulfonamides is 1. The third-order valence-corrected chi connectivity index (χ3v) is 5.68. The number of rotatable bonds is 4. The number of likely N-dealkylation sites (N-methyl/N-ethyl adjacent to an activating group) is 1. The molecule has 1 aromatic rings. The summed E-state index contributed by atoms with van der Waals surface area (Å²) in [6.45, 7) is 5.34. The van der Waals surface area contributed by atoms with E-state index in [0.717, 1.165) is 25.3 Å². The number of piperazine rings is 1. The fraction of sp³-hybridized carbons (Fsp3) is 0.667. The Hall–Kier alpha value is -0.560. The second kappa shape index (κ2) is 5.83. The molecular weight excluding hydrogens is 286 g/mol. The molecule has 0 amide bonds. The molecule has 0 aliphatic carbocycles. The van der Waals surface area contributed by atoms with Crippen LogP contribution in [-0.2, 0) is 22.4 Å². The van der Waals surface area contributed by atoms with Crippen LogP contribution in [0.2, 0.25) is 0 Å². The van der Waals surface area contributed by atoms with Gasteiger partial charge in [0.1, 0.15) is 4.90 Å². The molecule has 19 heavy (non-hydrogen) atoms. The zero-order valence-corrected chi connectivity index (χ0v) is 12.9. The van der Waals surface area contributed by atoms with Gasteiger partial charge in [-0.1, -0.05) is 0 Å². The van der Waals surface area contributed by atoms with Gasteiger partial charge in [-0.3, -0.25) is 0 Å². The van der Waals surface area contributed by atoms with Crippen LogP contribution in [0.1, 0.15) is 12.6 Å².